The van der Waals surface area contributed by atoms with Crippen molar-refractivity contribution in [1.82, 2.24) is 0 Å². The van der Waals surface area contributed by atoms with E-state index in [2.05, 4.69) is 0 Å². The Balaban J connectivity index is 3.75. The lowest BCUT2D eigenvalue weighted by Gasteiger charge is -2.10. The fraction of sp³-hybridized carbons (Fsp3) is 0.250. The maximum atomic E-state index is 11.3. The molecule has 0 saturated heterocycles. The van der Waals surface area contributed by atoms with Crippen molar-refractivity contribution in [3.05, 3.63) is 17.7 Å². The van der Waals surface area contributed by atoms with E-state index in [-0.39, 0.29) is 10.6 Å². The first-order valence-corrected chi connectivity index (χ1v) is 8.77. The van der Waals surface area contributed by atoms with Gasteiger partial charge in [-0.15, -0.1) is 0 Å². The van der Waals surface area contributed by atoms with E-state index < -0.39 is 23.0 Å². The molecule has 0 amide bonds. The maximum Gasteiger partial charge on any atom is 0.265 e. The van der Waals surface area contributed by atoms with Gasteiger partial charge in [0.1, 0.15) is 10.6 Å². The normalized spacial score (nSPS) is 12.5. The summed E-state index contributed by atoms with van der Waals surface area (Å²) in [6.45, 7) is 1.48. The second kappa shape index (κ2) is 4.64. The fourth-order valence-corrected chi connectivity index (χ4v) is 3.29. The molecular formula is C8H8Cl2O5S2. The van der Waals surface area contributed by atoms with Crippen LogP contribution in [0.4, 0.5) is 0 Å². The largest absolute Gasteiger partial charge is 0.495 e. The molecule has 0 fully saturated rings. The van der Waals surface area contributed by atoms with Gasteiger partial charge >= 0.3 is 0 Å². The molecule has 0 atom stereocenters. The van der Waals surface area contributed by atoms with Gasteiger partial charge in [0.05, 0.1) is 12.0 Å². The number of hydrogen-bond acceptors (Lipinski definition) is 5. The van der Waals surface area contributed by atoms with Gasteiger partial charge in [-0.05, 0) is 24.6 Å². The number of benzene rings is 1. The van der Waals surface area contributed by atoms with Crippen molar-refractivity contribution in [3.63, 3.8) is 0 Å². The average Bonchev–Trinajstić information content (AvgIpc) is 2.13. The quantitative estimate of drug-likeness (QED) is 0.795. The van der Waals surface area contributed by atoms with Crippen LogP contribution in [0.3, 0.4) is 0 Å². The van der Waals surface area contributed by atoms with Gasteiger partial charge in [-0.2, -0.15) is 0 Å². The standard InChI is InChI=1S/C8H8Cl2O5S2/c1-5-3-6(16(9,11)12)4-7(8(5)15-2)17(10,13)14/h3-4H,1-2H3. The Morgan fingerprint density at radius 1 is 1.06 bits per heavy atom. The Kier molecular flexibility index (Phi) is 3.97. The molecule has 9 heteroatoms. The zero-order chi connectivity index (χ0) is 13.4. The predicted molar refractivity (Wildman–Crippen MR) is 63.8 cm³/mol. The van der Waals surface area contributed by atoms with Crippen molar-refractivity contribution >= 4 is 39.5 Å². The zero-order valence-corrected chi connectivity index (χ0v) is 11.9. The Morgan fingerprint density at radius 3 is 1.94 bits per heavy atom. The van der Waals surface area contributed by atoms with Crippen LogP contribution in [0.15, 0.2) is 21.9 Å². The second-order valence-electron chi connectivity index (χ2n) is 3.15. The summed E-state index contributed by atoms with van der Waals surface area (Å²) in [7, 11) is 3.42. The molecule has 0 heterocycles. The third-order valence-electron chi connectivity index (χ3n) is 1.96. The molecule has 5 nitrogen and oxygen atoms in total. The van der Waals surface area contributed by atoms with Crippen molar-refractivity contribution in [1.29, 1.82) is 0 Å². The highest BCUT2D eigenvalue weighted by Gasteiger charge is 2.23. The topological polar surface area (TPSA) is 77.5 Å². The van der Waals surface area contributed by atoms with E-state index in [1.807, 2.05) is 0 Å². The van der Waals surface area contributed by atoms with Crippen LogP contribution < -0.4 is 4.74 Å². The summed E-state index contributed by atoms with van der Waals surface area (Å²) in [5.41, 5.74) is 0.299. The van der Waals surface area contributed by atoms with Gasteiger partial charge in [-0.25, -0.2) is 16.8 Å². The Morgan fingerprint density at radius 2 is 1.59 bits per heavy atom. The van der Waals surface area contributed by atoms with Crippen LogP contribution >= 0.6 is 21.4 Å². The number of rotatable bonds is 3. The molecule has 0 spiro atoms. The highest BCUT2D eigenvalue weighted by atomic mass is 35.7. The smallest absolute Gasteiger partial charge is 0.265 e. The summed E-state index contributed by atoms with van der Waals surface area (Å²) >= 11 is 0. The summed E-state index contributed by atoms with van der Waals surface area (Å²) < 4.78 is 49.8. The SMILES string of the molecule is COc1c(C)cc(S(=O)(=O)Cl)cc1S(=O)(=O)Cl. The molecule has 0 aliphatic heterocycles. The minimum absolute atomic E-state index is 0.0101. The molecule has 0 N–H and O–H groups in total. The number of hydrogen-bond donors (Lipinski definition) is 0. The zero-order valence-electron chi connectivity index (χ0n) is 8.77. The van der Waals surface area contributed by atoms with Gasteiger partial charge in [0.2, 0.25) is 0 Å². The van der Waals surface area contributed by atoms with Crippen LogP contribution in [0, 0.1) is 6.92 Å². The maximum absolute atomic E-state index is 11.3. The number of ether oxygens (including phenoxy) is 1. The Bertz CT molecular complexity index is 649. The highest BCUT2D eigenvalue weighted by Crippen LogP contribution is 2.33. The molecule has 0 aliphatic rings. The van der Waals surface area contributed by atoms with E-state index >= 15 is 0 Å². The summed E-state index contributed by atoms with van der Waals surface area (Å²) in [4.78, 5) is -0.780. The molecule has 0 aromatic heterocycles. The van der Waals surface area contributed by atoms with E-state index in [1.165, 1.54) is 20.1 Å². The van der Waals surface area contributed by atoms with Gasteiger partial charge in [0.25, 0.3) is 18.1 Å². The Labute approximate surface area is 108 Å². The Hall–Kier alpha value is -0.500. The van der Waals surface area contributed by atoms with Crippen LogP contribution in [0.25, 0.3) is 0 Å². The number of halogens is 2. The summed E-state index contributed by atoms with van der Waals surface area (Å²) in [6, 6.07) is 2.06. The lowest BCUT2D eigenvalue weighted by Crippen LogP contribution is -2.02. The molecular weight excluding hydrogens is 311 g/mol. The monoisotopic (exact) mass is 318 g/mol. The van der Waals surface area contributed by atoms with E-state index in [4.69, 9.17) is 26.1 Å². The molecule has 0 unspecified atom stereocenters. The van der Waals surface area contributed by atoms with Crippen molar-refractivity contribution in [3.8, 4) is 5.75 Å². The minimum Gasteiger partial charge on any atom is -0.495 e. The average molecular weight is 319 g/mol. The second-order valence-corrected chi connectivity index (χ2v) is 8.25. The molecule has 0 bridgehead atoms. The first-order valence-electron chi connectivity index (χ1n) is 4.15. The van der Waals surface area contributed by atoms with Crippen LogP contribution in [0.2, 0.25) is 0 Å². The van der Waals surface area contributed by atoms with Crippen molar-refractivity contribution in [2.45, 2.75) is 16.7 Å². The molecule has 1 aromatic rings. The van der Waals surface area contributed by atoms with Crippen LogP contribution in [-0.2, 0) is 18.1 Å². The molecule has 1 rings (SSSR count). The van der Waals surface area contributed by atoms with E-state index in [9.17, 15) is 16.8 Å². The minimum atomic E-state index is -4.13. The third-order valence-corrected chi connectivity index (χ3v) is 4.62. The summed E-state index contributed by atoms with van der Waals surface area (Å²) in [5, 5.41) is 0. The van der Waals surface area contributed by atoms with Gasteiger partial charge in [-0.1, -0.05) is 0 Å². The lowest BCUT2D eigenvalue weighted by atomic mass is 10.2. The van der Waals surface area contributed by atoms with Crippen LogP contribution in [0.5, 0.6) is 5.75 Å². The molecule has 96 valence electrons. The lowest BCUT2D eigenvalue weighted by molar-refractivity contribution is 0.399. The van der Waals surface area contributed by atoms with E-state index in [1.54, 1.807) is 0 Å². The summed E-state index contributed by atoms with van der Waals surface area (Å²) in [5.74, 6) is -0.0101. The summed E-state index contributed by atoms with van der Waals surface area (Å²) in [6.07, 6.45) is 0. The van der Waals surface area contributed by atoms with Gasteiger partial charge in [0.15, 0.2) is 0 Å². The van der Waals surface area contributed by atoms with Crippen molar-refractivity contribution in [2.24, 2.45) is 0 Å². The van der Waals surface area contributed by atoms with Crippen LogP contribution in [0.1, 0.15) is 5.56 Å². The van der Waals surface area contributed by atoms with E-state index in [0.717, 1.165) is 6.07 Å². The molecule has 1 aromatic carbocycles. The van der Waals surface area contributed by atoms with Gasteiger partial charge in [0, 0.05) is 21.4 Å². The molecule has 0 saturated carbocycles. The van der Waals surface area contributed by atoms with Gasteiger partial charge in [-0.3, -0.25) is 0 Å². The van der Waals surface area contributed by atoms with Crippen LogP contribution in [-0.4, -0.2) is 23.9 Å². The number of aryl methyl sites for hydroxylation is 1. The van der Waals surface area contributed by atoms with Crippen molar-refractivity contribution in [2.75, 3.05) is 7.11 Å². The fourth-order valence-electron chi connectivity index (χ4n) is 1.29. The number of methoxy groups -OCH3 is 1. The molecule has 17 heavy (non-hydrogen) atoms. The molecule has 0 radical (unpaired) electrons. The predicted octanol–water partition coefficient (Wildman–Crippen LogP) is 1.86. The molecule has 0 aliphatic carbocycles. The first kappa shape index (κ1) is 14.6. The van der Waals surface area contributed by atoms with Crippen molar-refractivity contribution < 1.29 is 21.6 Å². The third kappa shape index (κ3) is 3.25. The van der Waals surface area contributed by atoms with Gasteiger partial charge < -0.3 is 4.74 Å². The van der Waals surface area contributed by atoms with E-state index in [0.29, 0.717) is 5.56 Å². The first-order chi connectivity index (χ1) is 7.57. The highest BCUT2D eigenvalue weighted by molar-refractivity contribution is 8.14.